The second-order valence-corrected chi connectivity index (χ2v) is 5.26. The van der Waals surface area contributed by atoms with Gasteiger partial charge in [0.05, 0.1) is 6.42 Å². The minimum Gasteiger partial charge on any atom is -0.508 e. The molecule has 21 heavy (non-hydrogen) atoms. The SMILES string of the molecule is Cc1ccc(CC(=O)NCc2cc(N)ccc2O)cc1C. The minimum absolute atomic E-state index is 0.0833. The molecule has 0 radical (unpaired) electrons. The largest absolute Gasteiger partial charge is 0.508 e. The molecule has 0 spiro atoms. The number of hydrogen-bond acceptors (Lipinski definition) is 3. The number of anilines is 1. The highest BCUT2D eigenvalue weighted by atomic mass is 16.3. The lowest BCUT2D eigenvalue weighted by molar-refractivity contribution is -0.120. The van der Waals surface area contributed by atoms with E-state index in [4.69, 9.17) is 5.73 Å². The Morgan fingerprint density at radius 1 is 1.14 bits per heavy atom. The molecule has 0 aromatic heterocycles. The quantitative estimate of drug-likeness (QED) is 0.596. The van der Waals surface area contributed by atoms with Crippen LogP contribution in [0.15, 0.2) is 36.4 Å². The van der Waals surface area contributed by atoms with Crippen LogP contribution in [0.4, 0.5) is 5.69 Å². The molecule has 0 unspecified atom stereocenters. The number of amides is 1. The summed E-state index contributed by atoms with van der Waals surface area (Å²) in [6.45, 7) is 4.34. The van der Waals surface area contributed by atoms with E-state index in [1.165, 1.54) is 17.2 Å². The van der Waals surface area contributed by atoms with Crippen LogP contribution in [-0.2, 0) is 17.8 Å². The van der Waals surface area contributed by atoms with Gasteiger partial charge < -0.3 is 16.2 Å². The van der Waals surface area contributed by atoms with Crippen LogP contribution in [0.25, 0.3) is 0 Å². The maximum absolute atomic E-state index is 12.0. The van der Waals surface area contributed by atoms with Crippen LogP contribution in [0.5, 0.6) is 5.75 Å². The standard InChI is InChI=1S/C17H20N2O2/c1-11-3-4-13(7-12(11)2)8-17(21)19-10-14-9-15(18)5-6-16(14)20/h3-7,9,20H,8,10,18H2,1-2H3,(H,19,21). The van der Waals surface area contributed by atoms with Crippen LogP contribution in [0.3, 0.4) is 0 Å². The zero-order chi connectivity index (χ0) is 15.4. The van der Waals surface area contributed by atoms with E-state index in [9.17, 15) is 9.90 Å². The molecule has 1 amide bonds. The molecular weight excluding hydrogens is 264 g/mol. The summed E-state index contributed by atoms with van der Waals surface area (Å²) in [5.41, 5.74) is 10.2. The molecule has 0 aliphatic heterocycles. The highest BCUT2D eigenvalue weighted by Gasteiger charge is 2.07. The fraction of sp³-hybridized carbons (Fsp3) is 0.235. The van der Waals surface area contributed by atoms with Crippen LogP contribution in [0, 0.1) is 13.8 Å². The zero-order valence-corrected chi connectivity index (χ0v) is 12.3. The van der Waals surface area contributed by atoms with Crippen molar-refractivity contribution in [3.63, 3.8) is 0 Å². The van der Waals surface area contributed by atoms with Gasteiger partial charge in [-0.15, -0.1) is 0 Å². The van der Waals surface area contributed by atoms with Crippen LogP contribution >= 0.6 is 0 Å². The number of carbonyl (C=O) groups is 1. The Hall–Kier alpha value is -2.49. The van der Waals surface area contributed by atoms with E-state index in [1.54, 1.807) is 12.1 Å². The molecule has 110 valence electrons. The Bertz CT molecular complexity index is 666. The monoisotopic (exact) mass is 284 g/mol. The van der Waals surface area contributed by atoms with Crippen molar-refractivity contribution in [2.24, 2.45) is 0 Å². The first-order valence-electron chi connectivity index (χ1n) is 6.86. The van der Waals surface area contributed by atoms with Gasteiger partial charge >= 0.3 is 0 Å². The van der Waals surface area contributed by atoms with Crippen molar-refractivity contribution >= 4 is 11.6 Å². The molecule has 4 nitrogen and oxygen atoms in total. The van der Waals surface area contributed by atoms with Gasteiger partial charge in [0.2, 0.25) is 5.91 Å². The van der Waals surface area contributed by atoms with Crippen molar-refractivity contribution in [3.8, 4) is 5.75 Å². The average molecular weight is 284 g/mol. The minimum atomic E-state index is -0.0833. The van der Waals surface area contributed by atoms with Gasteiger partial charge in [-0.1, -0.05) is 18.2 Å². The van der Waals surface area contributed by atoms with Gasteiger partial charge in [0.1, 0.15) is 5.75 Å². The lowest BCUT2D eigenvalue weighted by atomic mass is 10.0. The maximum atomic E-state index is 12.0. The zero-order valence-electron chi connectivity index (χ0n) is 12.3. The van der Waals surface area contributed by atoms with E-state index in [0.717, 1.165) is 5.56 Å². The molecule has 4 N–H and O–H groups in total. The number of nitrogens with two attached hydrogens (primary N) is 1. The molecule has 2 aromatic rings. The number of phenols is 1. The molecule has 4 heteroatoms. The fourth-order valence-electron chi connectivity index (χ4n) is 2.10. The van der Waals surface area contributed by atoms with E-state index in [1.807, 2.05) is 32.0 Å². The molecule has 0 aliphatic carbocycles. The molecule has 0 saturated heterocycles. The molecule has 0 fully saturated rings. The van der Waals surface area contributed by atoms with Gasteiger partial charge in [0.15, 0.2) is 0 Å². The van der Waals surface area contributed by atoms with Crippen LogP contribution in [0.2, 0.25) is 0 Å². The first-order chi connectivity index (χ1) is 9.95. The summed E-state index contributed by atoms with van der Waals surface area (Å²) in [5, 5.41) is 12.5. The Labute approximate surface area is 124 Å². The molecule has 0 saturated carbocycles. The van der Waals surface area contributed by atoms with E-state index in [-0.39, 0.29) is 18.2 Å². The number of nitrogens with one attached hydrogen (secondary N) is 1. The lowest BCUT2D eigenvalue weighted by Crippen LogP contribution is -2.24. The van der Waals surface area contributed by atoms with Gasteiger partial charge in [0.25, 0.3) is 0 Å². The number of benzene rings is 2. The van der Waals surface area contributed by atoms with Gasteiger partial charge in [-0.2, -0.15) is 0 Å². The Kier molecular flexibility index (Phi) is 4.48. The van der Waals surface area contributed by atoms with Crippen molar-refractivity contribution < 1.29 is 9.90 Å². The molecule has 2 rings (SSSR count). The highest BCUT2D eigenvalue weighted by molar-refractivity contribution is 5.78. The molecule has 0 aliphatic rings. The Balaban J connectivity index is 1.95. The first-order valence-corrected chi connectivity index (χ1v) is 6.86. The third kappa shape index (κ3) is 3.99. The normalized spacial score (nSPS) is 10.4. The number of hydrogen-bond donors (Lipinski definition) is 3. The van der Waals surface area contributed by atoms with Crippen molar-refractivity contribution in [3.05, 3.63) is 58.7 Å². The number of nitrogen functional groups attached to an aromatic ring is 1. The number of aryl methyl sites for hydroxylation is 2. The molecule has 0 bridgehead atoms. The number of rotatable bonds is 4. The number of aromatic hydroxyl groups is 1. The third-order valence-corrected chi connectivity index (χ3v) is 3.52. The smallest absolute Gasteiger partial charge is 0.224 e. The Morgan fingerprint density at radius 3 is 2.62 bits per heavy atom. The fourth-order valence-corrected chi connectivity index (χ4v) is 2.10. The van der Waals surface area contributed by atoms with Gasteiger partial charge in [-0.25, -0.2) is 0 Å². The van der Waals surface area contributed by atoms with E-state index >= 15 is 0 Å². The third-order valence-electron chi connectivity index (χ3n) is 3.52. The maximum Gasteiger partial charge on any atom is 0.224 e. The predicted octanol–water partition coefficient (Wildman–Crippen LogP) is 2.45. The highest BCUT2D eigenvalue weighted by Crippen LogP contribution is 2.19. The summed E-state index contributed by atoms with van der Waals surface area (Å²) in [5.74, 6) is 0.0516. The molecule has 0 heterocycles. The summed E-state index contributed by atoms with van der Waals surface area (Å²) < 4.78 is 0. The van der Waals surface area contributed by atoms with E-state index < -0.39 is 0 Å². The topological polar surface area (TPSA) is 75.4 Å². The van der Waals surface area contributed by atoms with Crippen LogP contribution in [0.1, 0.15) is 22.3 Å². The summed E-state index contributed by atoms with van der Waals surface area (Å²) in [6.07, 6.45) is 0.324. The summed E-state index contributed by atoms with van der Waals surface area (Å²) in [6, 6.07) is 10.8. The average Bonchev–Trinajstić information content (AvgIpc) is 2.44. The molecule has 2 aromatic carbocycles. The van der Waals surface area contributed by atoms with Gasteiger partial charge in [0, 0.05) is 17.8 Å². The predicted molar refractivity (Wildman–Crippen MR) is 84.0 cm³/mol. The summed E-state index contributed by atoms with van der Waals surface area (Å²) in [7, 11) is 0. The van der Waals surface area contributed by atoms with Gasteiger partial charge in [-0.3, -0.25) is 4.79 Å². The number of phenolic OH excluding ortho intramolecular Hbond substituents is 1. The van der Waals surface area contributed by atoms with Crippen LogP contribution < -0.4 is 11.1 Å². The number of carbonyl (C=O) groups excluding carboxylic acids is 1. The van der Waals surface area contributed by atoms with Crippen molar-refractivity contribution in [2.75, 3.05) is 5.73 Å². The van der Waals surface area contributed by atoms with Crippen molar-refractivity contribution in [1.82, 2.24) is 5.32 Å². The second-order valence-electron chi connectivity index (χ2n) is 5.26. The first kappa shape index (κ1) is 14.9. The van der Waals surface area contributed by atoms with Crippen LogP contribution in [-0.4, -0.2) is 11.0 Å². The molecule has 0 atom stereocenters. The van der Waals surface area contributed by atoms with Crippen molar-refractivity contribution in [2.45, 2.75) is 26.8 Å². The lowest BCUT2D eigenvalue weighted by Gasteiger charge is -2.09. The van der Waals surface area contributed by atoms with Gasteiger partial charge in [-0.05, 0) is 48.7 Å². The van der Waals surface area contributed by atoms with Crippen molar-refractivity contribution in [1.29, 1.82) is 0 Å². The summed E-state index contributed by atoms with van der Waals surface area (Å²) >= 11 is 0. The van der Waals surface area contributed by atoms with E-state index in [0.29, 0.717) is 17.7 Å². The van der Waals surface area contributed by atoms with E-state index in [2.05, 4.69) is 5.32 Å². The Morgan fingerprint density at radius 2 is 1.90 bits per heavy atom. The summed E-state index contributed by atoms with van der Waals surface area (Å²) in [4.78, 5) is 12.0. The second kappa shape index (κ2) is 6.31. The molecular formula is C17H20N2O2.